The number of carbonyl (C=O) groups is 1. The van der Waals surface area contributed by atoms with Gasteiger partial charge in [-0.05, 0) is 18.4 Å². The zero-order valence-corrected chi connectivity index (χ0v) is 16.8. The second-order valence-corrected chi connectivity index (χ2v) is 7.96. The van der Waals surface area contributed by atoms with Gasteiger partial charge in [-0.3, -0.25) is 14.2 Å². The van der Waals surface area contributed by atoms with Crippen molar-refractivity contribution < 1.29 is 18.0 Å². The van der Waals surface area contributed by atoms with Gasteiger partial charge in [-0.25, -0.2) is 9.97 Å². The van der Waals surface area contributed by atoms with Gasteiger partial charge in [0, 0.05) is 20.1 Å². The molecule has 1 fully saturated rings. The van der Waals surface area contributed by atoms with Crippen LogP contribution in [0.3, 0.4) is 0 Å². The van der Waals surface area contributed by atoms with E-state index in [1.165, 1.54) is 0 Å². The van der Waals surface area contributed by atoms with Crippen molar-refractivity contribution in [2.45, 2.75) is 31.6 Å². The number of anilines is 1. The number of alkyl halides is 3. The van der Waals surface area contributed by atoms with Crippen LogP contribution < -0.4 is 15.8 Å². The van der Waals surface area contributed by atoms with Gasteiger partial charge in [0.25, 0.3) is 5.56 Å². The summed E-state index contributed by atoms with van der Waals surface area (Å²) in [5.41, 5.74) is -0.0253. The quantitative estimate of drug-likeness (QED) is 0.679. The van der Waals surface area contributed by atoms with Crippen LogP contribution in [0.25, 0.3) is 10.3 Å². The van der Waals surface area contributed by atoms with Crippen LogP contribution in [0, 0.1) is 0 Å². The molecule has 0 saturated carbocycles. The molecule has 0 spiro atoms. The number of carbonyl (C=O) groups excluding carboxylic acids is 1. The largest absolute Gasteiger partial charge is 0.449 e. The Morgan fingerprint density at radius 2 is 2.00 bits per heavy atom. The Kier molecular flexibility index (Phi) is 5.22. The lowest BCUT2D eigenvalue weighted by Crippen LogP contribution is -2.43. The number of nitrogens with one attached hydrogen (secondary N) is 1. The third-order valence-electron chi connectivity index (χ3n) is 4.99. The topological polar surface area (TPSA) is 80.1 Å². The second kappa shape index (κ2) is 7.71. The third-order valence-corrected chi connectivity index (χ3v) is 5.98. The van der Waals surface area contributed by atoms with Crippen molar-refractivity contribution in [3.63, 3.8) is 0 Å². The molecule has 30 heavy (non-hydrogen) atoms. The maximum absolute atomic E-state index is 13.2. The van der Waals surface area contributed by atoms with E-state index in [2.05, 4.69) is 15.3 Å². The van der Waals surface area contributed by atoms with Gasteiger partial charge in [-0.2, -0.15) is 13.2 Å². The van der Waals surface area contributed by atoms with Crippen LogP contribution in [0.1, 0.15) is 24.2 Å². The predicted octanol–water partition coefficient (Wildman–Crippen LogP) is 2.69. The monoisotopic (exact) mass is 437 g/mol. The molecule has 1 aliphatic rings. The van der Waals surface area contributed by atoms with E-state index >= 15 is 0 Å². The van der Waals surface area contributed by atoms with Crippen LogP contribution in [0.5, 0.6) is 0 Å². The molecule has 1 saturated heterocycles. The number of hydrogen-bond acceptors (Lipinski definition) is 6. The maximum Gasteiger partial charge on any atom is 0.449 e. The molecule has 1 aliphatic heterocycles. The Balaban J connectivity index is 1.60. The zero-order valence-electron chi connectivity index (χ0n) is 15.9. The summed E-state index contributed by atoms with van der Waals surface area (Å²) in [6.45, 7) is 0.899. The Hall–Kier alpha value is -2.95. The van der Waals surface area contributed by atoms with Gasteiger partial charge in [-0.1, -0.05) is 41.7 Å². The first-order chi connectivity index (χ1) is 14.3. The first-order valence-electron chi connectivity index (χ1n) is 9.29. The molecule has 4 rings (SSSR count). The summed E-state index contributed by atoms with van der Waals surface area (Å²) < 4.78 is 39.9. The van der Waals surface area contributed by atoms with Crippen molar-refractivity contribution >= 4 is 32.7 Å². The summed E-state index contributed by atoms with van der Waals surface area (Å²) in [5.74, 6) is -1.46. The highest BCUT2D eigenvalue weighted by Crippen LogP contribution is 2.33. The lowest BCUT2D eigenvalue weighted by atomic mass is 10.2. The number of nitrogens with zero attached hydrogens (tertiary/aromatic N) is 4. The number of aromatic nitrogens is 3. The molecule has 1 aromatic carbocycles. The summed E-state index contributed by atoms with van der Waals surface area (Å²) in [6, 6.07) is 8.96. The van der Waals surface area contributed by atoms with Gasteiger partial charge in [0.15, 0.2) is 15.5 Å². The van der Waals surface area contributed by atoms with Crippen LogP contribution in [-0.2, 0) is 24.6 Å². The molecule has 3 heterocycles. The number of hydrogen-bond donors (Lipinski definition) is 1. The van der Waals surface area contributed by atoms with Gasteiger partial charge in [-0.15, -0.1) is 0 Å². The van der Waals surface area contributed by atoms with E-state index in [1.54, 1.807) is 4.90 Å². The fourth-order valence-corrected chi connectivity index (χ4v) is 4.50. The van der Waals surface area contributed by atoms with E-state index in [0.29, 0.717) is 29.2 Å². The van der Waals surface area contributed by atoms with Crippen LogP contribution in [0.4, 0.5) is 18.3 Å². The molecule has 11 heteroatoms. The third kappa shape index (κ3) is 3.76. The number of fused-ring (bicyclic) bond motifs is 1. The van der Waals surface area contributed by atoms with Crippen molar-refractivity contribution in [3.8, 4) is 0 Å². The molecule has 0 radical (unpaired) electrons. The summed E-state index contributed by atoms with van der Waals surface area (Å²) in [5, 5.41) is 3.22. The van der Waals surface area contributed by atoms with E-state index in [4.69, 9.17) is 0 Å². The molecular weight excluding hydrogens is 419 g/mol. The predicted molar refractivity (Wildman–Crippen MR) is 106 cm³/mol. The van der Waals surface area contributed by atoms with Crippen molar-refractivity contribution in [2.24, 2.45) is 7.05 Å². The molecule has 1 atom stereocenters. The molecule has 158 valence electrons. The molecule has 3 aromatic rings. The molecular formula is C19H18F3N5O2S. The van der Waals surface area contributed by atoms with Crippen molar-refractivity contribution in [3.05, 3.63) is 52.1 Å². The summed E-state index contributed by atoms with van der Waals surface area (Å²) >= 11 is 0.894. The summed E-state index contributed by atoms with van der Waals surface area (Å²) in [6.07, 6.45) is -3.42. The van der Waals surface area contributed by atoms with E-state index in [1.807, 2.05) is 30.3 Å². The van der Waals surface area contributed by atoms with Gasteiger partial charge >= 0.3 is 6.18 Å². The van der Waals surface area contributed by atoms with Gasteiger partial charge in [0.1, 0.15) is 6.04 Å². The van der Waals surface area contributed by atoms with Gasteiger partial charge in [0.2, 0.25) is 11.7 Å². The van der Waals surface area contributed by atoms with Crippen molar-refractivity contribution in [2.75, 3.05) is 11.4 Å². The normalized spacial score (nSPS) is 16.9. The van der Waals surface area contributed by atoms with Crippen LogP contribution in [-0.4, -0.2) is 33.0 Å². The second-order valence-electron chi connectivity index (χ2n) is 7.00. The van der Waals surface area contributed by atoms with E-state index in [9.17, 15) is 22.8 Å². The molecule has 1 unspecified atom stereocenters. The first-order valence-corrected chi connectivity index (χ1v) is 10.1. The average Bonchev–Trinajstić information content (AvgIpc) is 3.35. The van der Waals surface area contributed by atoms with E-state index in [-0.39, 0.29) is 16.3 Å². The van der Waals surface area contributed by atoms with Gasteiger partial charge < -0.3 is 10.2 Å². The highest BCUT2D eigenvalue weighted by atomic mass is 32.1. The molecule has 0 aliphatic carbocycles. The Morgan fingerprint density at radius 1 is 1.27 bits per heavy atom. The SMILES string of the molecule is Cn1c(C(F)(F)F)nc2sc(N3CCCC3C(=O)NCc3ccccc3)nc2c1=O. The first kappa shape index (κ1) is 20.3. The molecule has 1 N–H and O–H groups in total. The summed E-state index contributed by atoms with van der Waals surface area (Å²) in [4.78, 5) is 34.6. The van der Waals surface area contributed by atoms with Gasteiger partial charge in [0.05, 0.1) is 0 Å². The number of rotatable bonds is 4. The minimum atomic E-state index is -4.75. The highest BCUT2D eigenvalue weighted by molar-refractivity contribution is 7.21. The van der Waals surface area contributed by atoms with Crippen LogP contribution >= 0.6 is 11.3 Å². The molecule has 1 amide bonds. The maximum atomic E-state index is 13.2. The number of thiazole rings is 1. The molecule has 0 bridgehead atoms. The fraction of sp³-hybridized carbons (Fsp3) is 0.368. The molecule has 7 nitrogen and oxygen atoms in total. The Morgan fingerprint density at radius 3 is 2.70 bits per heavy atom. The minimum absolute atomic E-state index is 0.0873. The average molecular weight is 437 g/mol. The summed E-state index contributed by atoms with van der Waals surface area (Å²) in [7, 11) is 1.02. The minimum Gasteiger partial charge on any atom is -0.350 e. The molecule has 2 aromatic heterocycles. The van der Waals surface area contributed by atoms with Crippen LogP contribution in [0.15, 0.2) is 35.1 Å². The van der Waals surface area contributed by atoms with E-state index in [0.717, 1.165) is 30.4 Å². The Labute approximate surface area is 173 Å². The zero-order chi connectivity index (χ0) is 21.5. The lowest BCUT2D eigenvalue weighted by Gasteiger charge is -2.23. The number of benzene rings is 1. The lowest BCUT2D eigenvalue weighted by molar-refractivity contribution is -0.147. The highest BCUT2D eigenvalue weighted by Gasteiger charge is 2.38. The number of halogens is 3. The number of amides is 1. The smallest absolute Gasteiger partial charge is 0.350 e. The van der Waals surface area contributed by atoms with E-state index < -0.39 is 23.6 Å². The van der Waals surface area contributed by atoms with Crippen LogP contribution in [0.2, 0.25) is 0 Å². The van der Waals surface area contributed by atoms with Crippen molar-refractivity contribution in [1.29, 1.82) is 0 Å². The fourth-order valence-electron chi connectivity index (χ4n) is 3.49. The van der Waals surface area contributed by atoms with Crippen molar-refractivity contribution in [1.82, 2.24) is 19.9 Å². The Bertz CT molecular complexity index is 1140. The standard InChI is InChI=1S/C19H18F3N5O2S/c1-26-16(29)13-15(25-17(26)19(20,21)22)30-18(24-13)27-9-5-8-12(27)14(28)23-10-11-6-3-2-4-7-11/h2-4,6-7,12H,5,8-10H2,1H3,(H,23,28).